The zero-order valence-corrected chi connectivity index (χ0v) is 42.2. The lowest BCUT2D eigenvalue weighted by Crippen LogP contribution is -2.32. The summed E-state index contributed by atoms with van der Waals surface area (Å²) in [6.45, 7) is 14.6. The fourth-order valence-corrected chi connectivity index (χ4v) is 15.8. The molecule has 66 heavy (non-hydrogen) atoms. The van der Waals surface area contributed by atoms with Crippen LogP contribution in [0.5, 0.6) is 0 Å². The summed E-state index contributed by atoms with van der Waals surface area (Å²) < 4.78 is 76.3. The minimum absolute atomic E-state index is 0. The molecule has 4 fully saturated rings. The summed E-state index contributed by atoms with van der Waals surface area (Å²) in [5.74, 6) is -1.10. The van der Waals surface area contributed by atoms with E-state index in [1.807, 2.05) is 12.1 Å². The van der Waals surface area contributed by atoms with Crippen molar-refractivity contribution in [2.45, 2.75) is 166 Å². The smallest absolute Gasteiger partial charge is 0.419 e. The van der Waals surface area contributed by atoms with E-state index in [-0.39, 0.29) is 72.0 Å². The number of benzene rings is 2. The summed E-state index contributed by atoms with van der Waals surface area (Å²) in [4.78, 5) is 51.8. The molecule has 8 rings (SSSR count). The number of sulfone groups is 2. The Bertz CT molecular complexity index is 2540. The Morgan fingerprint density at radius 3 is 1.15 bits per heavy atom. The maximum atomic E-state index is 13.1. The number of nitrogens with zero attached hydrogens (tertiary/aromatic N) is 2. The molecule has 6 heterocycles. The summed E-state index contributed by atoms with van der Waals surface area (Å²) >= 11 is 6.96. The summed E-state index contributed by atoms with van der Waals surface area (Å²) in [5.41, 5.74) is 1.68. The van der Waals surface area contributed by atoms with Crippen LogP contribution < -0.4 is 0 Å². The molecule has 2 aromatic carbocycles. The van der Waals surface area contributed by atoms with Crippen LogP contribution in [0.4, 0.5) is 9.59 Å². The monoisotopic (exact) mass is 1080 g/mol. The van der Waals surface area contributed by atoms with E-state index in [2.05, 4.69) is 31.9 Å². The molecule has 18 heteroatoms. The van der Waals surface area contributed by atoms with Gasteiger partial charge in [-0.05, 0) is 154 Å². The van der Waals surface area contributed by atoms with E-state index in [1.54, 1.807) is 79.9 Å². The van der Waals surface area contributed by atoms with E-state index in [0.29, 0.717) is 71.3 Å². The van der Waals surface area contributed by atoms with Crippen molar-refractivity contribution in [3.63, 3.8) is 0 Å². The Morgan fingerprint density at radius 2 is 0.879 bits per heavy atom. The predicted octanol–water partition coefficient (Wildman–Crippen LogP) is 11.6. The molecule has 0 radical (unpaired) electrons. The van der Waals surface area contributed by atoms with Gasteiger partial charge in [0.2, 0.25) is 0 Å². The first kappa shape index (κ1) is 53.2. The molecular weight excluding hydrogens is 1020 g/mol. The molecule has 14 nitrogen and oxygen atoms in total. The maximum Gasteiger partial charge on any atom is 0.419 e. The molecule has 0 amide bonds. The van der Waals surface area contributed by atoms with Gasteiger partial charge >= 0.3 is 24.1 Å². The minimum Gasteiger partial charge on any atom is -0.462 e. The van der Waals surface area contributed by atoms with Crippen molar-refractivity contribution in [3.8, 4) is 0 Å². The average molecular weight is 1080 g/mol. The number of hydrogen-bond donors (Lipinski definition) is 0. The lowest BCUT2D eigenvalue weighted by Gasteiger charge is -2.27. The first-order valence-corrected chi connectivity index (χ1v) is 26.6. The van der Waals surface area contributed by atoms with Gasteiger partial charge in [0, 0.05) is 32.1 Å². The zero-order chi connectivity index (χ0) is 46.8. The van der Waals surface area contributed by atoms with Crippen LogP contribution in [0.15, 0.2) is 45.6 Å². The lowest BCUT2D eigenvalue weighted by atomic mass is 9.90. The first-order valence-electron chi connectivity index (χ1n) is 21.8. The third-order valence-corrected chi connectivity index (χ3v) is 18.9. The normalized spacial score (nSPS) is 23.7. The van der Waals surface area contributed by atoms with Crippen LogP contribution in [0.3, 0.4) is 0 Å². The molecule has 4 aliphatic rings. The molecule has 4 aliphatic heterocycles. The summed E-state index contributed by atoms with van der Waals surface area (Å²) in [6, 6.07) is 7.03. The van der Waals surface area contributed by atoms with Crippen molar-refractivity contribution < 1.29 is 55.0 Å². The number of carbonyl (C=O) groups is 4. The Morgan fingerprint density at radius 1 is 0.576 bits per heavy atom. The third kappa shape index (κ3) is 10.5. The molecule has 4 aromatic rings. The number of rotatable bonds is 6. The molecule has 4 unspecified atom stereocenters. The summed E-state index contributed by atoms with van der Waals surface area (Å²) in [7, 11) is -6.15. The fourth-order valence-electron chi connectivity index (χ4n) is 9.92. The molecule has 0 aliphatic carbocycles. The topological polar surface area (TPSA) is 183 Å². The van der Waals surface area contributed by atoms with E-state index < -0.39 is 55.0 Å². The molecule has 4 saturated heterocycles. The van der Waals surface area contributed by atoms with Gasteiger partial charge in [-0.2, -0.15) is 0 Å². The van der Waals surface area contributed by atoms with Gasteiger partial charge in [0.25, 0.3) is 0 Å². The molecule has 4 atom stereocenters. The molecule has 364 valence electrons. The van der Waals surface area contributed by atoms with Gasteiger partial charge in [0.05, 0.1) is 56.4 Å². The van der Waals surface area contributed by atoms with Crippen molar-refractivity contribution in [1.29, 1.82) is 0 Å². The second kappa shape index (κ2) is 19.7. The van der Waals surface area contributed by atoms with E-state index >= 15 is 0 Å². The molecule has 0 spiro atoms. The van der Waals surface area contributed by atoms with Crippen molar-refractivity contribution in [2.24, 2.45) is 0 Å². The highest BCUT2D eigenvalue weighted by atomic mass is 79.9. The van der Waals surface area contributed by atoms with Gasteiger partial charge in [0.1, 0.15) is 11.2 Å². The highest BCUT2D eigenvalue weighted by Crippen LogP contribution is 2.49. The Balaban J connectivity index is 0.000000240. The van der Waals surface area contributed by atoms with E-state index in [4.69, 9.17) is 18.9 Å². The standard InChI is InChI=1S/2C23H28BrNO6S.2CH4/c2*1-5-30-21(26)18-11-14(24)10-17-19(12-25(20(17)18)22(27)31-23(2,3)4)13-8-15-6-7-16(9-13)32(15,28)29;;/h2*10-13,15-16H,5-9H2,1-4H3;2*1H4. The van der Waals surface area contributed by atoms with Crippen LogP contribution in [-0.4, -0.2) is 95.5 Å². The van der Waals surface area contributed by atoms with Crippen molar-refractivity contribution in [3.05, 3.63) is 67.9 Å². The Labute approximate surface area is 405 Å². The second-order valence-corrected chi connectivity index (χ2v) is 26.0. The molecule has 4 bridgehead atoms. The van der Waals surface area contributed by atoms with Gasteiger partial charge in [-0.1, -0.05) is 46.7 Å². The van der Waals surface area contributed by atoms with Gasteiger partial charge in [0.15, 0.2) is 19.7 Å². The Hall–Kier alpha value is -3.74. The van der Waals surface area contributed by atoms with Crippen molar-refractivity contribution in [2.75, 3.05) is 13.2 Å². The van der Waals surface area contributed by atoms with Gasteiger partial charge < -0.3 is 18.9 Å². The van der Waals surface area contributed by atoms with Gasteiger partial charge in [-0.3, -0.25) is 9.13 Å². The van der Waals surface area contributed by atoms with Gasteiger partial charge in [-0.15, -0.1) is 0 Å². The number of halogens is 2. The van der Waals surface area contributed by atoms with Crippen LogP contribution >= 0.6 is 31.9 Å². The predicted molar refractivity (Wildman–Crippen MR) is 263 cm³/mol. The fraction of sp³-hybridized carbons (Fsp3) is 0.583. The van der Waals surface area contributed by atoms with Crippen LogP contribution in [0.1, 0.15) is 165 Å². The number of hydrogen-bond acceptors (Lipinski definition) is 12. The van der Waals surface area contributed by atoms with Crippen LogP contribution in [0.25, 0.3) is 21.8 Å². The summed E-state index contributed by atoms with van der Waals surface area (Å²) in [5, 5.41) is 0.0883. The summed E-state index contributed by atoms with van der Waals surface area (Å²) in [6.07, 6.45) is 7.09. The number of esters is 2. The van der Waals surface area contributed by atoms with Crippen LogP contribution in [-0.2, 0) is 38.6 Å². The SMILES string of the molecule is C.C.CCOC(=O)c1cc(Br)cc2c(C3CC4CCC(C3)S4(=O)=O)cn(C(=O)OC(C)(C)C)c12.CCOC(=O)c1cc(Br)cc2c(C3CC4CCC(C3)S4(=O)=O)cn(C(=O)OC(C)(C)C)c12. The number of aromatic nitrogens is 2. The van der Waals surface area contributed by atoms with E-state index in [9.17, 15) is 36.0 Å². The number of carbonyl (C=O) groups excluding carboxylic acids is 4. The van der Waals surface area contributed by atoms with Crippen LogP contribution in [0, 0.1) is 0 Å². The molecule has 2 aromatic heterocycles. The van der Waals surface area contributed by atoms with Crippen LogP contribution in [0.2, 0.25) is 0 Å². The lowest BCUT2D eigenvalue weighted by molar-refractivity contribution is 0.0510. The molecule has 0 N–H and O–H groups in total. The Kier molecular flexibility index (Phi) is 15.9. The zero-order valence-electron chi connectivity index (χ0n) is 37.4. The van der Waals surface area contributed by atoms with E-state index in [0.717, 1.165) is 21.9 Å². The maximum absolute atomic E-state index is 13.1. The largest absolute Gasteiger partial charge is 0.462 e. The average Bonchev–Trinajstić information content (AvgIpc) is 3.77. The third-order valence-electron chi connectivity index (χ3n) is 12.5. The first-order chi connectivity index (χ1) is 29.8. The van der Waals surface area contributed by atoms with Crippen molar-refractivity contribution in [1.82, 2.24) is 9.13 Å². The van der Waals surface area contributed by atoms with Crippen molar-refractivity contribution >= 4 is 97.5 Å². The van der Waals surface area contributed by atoms with E-state index in [1.165, 1.54) is 9.13 Å². The molecular formula is C48H64Br2N2O12S2. The quantitative estimate of drug-likeness (QED) is 0.132. The van der Waals surface area contributed by atoms with Gasteiger partial charge in [-0.25, -0.2) is 36.0 Å². The highest BCUT2D eigenvalue weighted by Gasteiger charge is 2.49. The minimum atomic E-state index is -3.08. The second-order valence-electron chi connectivity index (χ2n) is 19.2. The molecule has 0 saturated carbocycles. The highest BCUT2D eigenvalue weighted by molar-refractivity contribution is 9.10. The number of ether oxygens (including phenoxy) is 4. The number of fused-ring (bicyclic) bond motifs is 6.